The van der Waals surface area contributed by atoms with Gasteiger partial charge in [-0.15, -0.1) is 0 Å². The fraction of sp³-hybridized carbons (Fsp3) is 0.667. The van der Waals surface area contributed by atoms with E-state index in [1.165, 1.54) is 6.26 Å². The first-order valence-corrected chi connectivity index (χ1v) is 9.03. The number of aliphatic imine (C=N–C) groups is 1. The van der Waals surface area contributed by atoms with Gasteiger partial charge in [-0.25, -0.2) is 0 Å². The van der Waals surface area contributed by atoms with E-state index in [0.29, 0.717) is 31.3 Å². The van der Waals surface area contributed by atoms with Gasteiger partial charge in [-0.1, -0.05) is 13.8 Å². The van der Waals surface area contributed by atoms with Gasteiger partial charge in [0.1, 0.15) is 0 Å². The van der Waals surface area contributed by atoms with E-state index < -0.39 is 0 Å². The first-order chi connectivity index (χ1) is 12.1. The molecule has 0 aliphatic rings. The summed E-state index contributed by atoms with van der Waals surface area (Å²) in [7, 11) is 0. The van der Waals surface area contributed by atoms with Gasteiger partial charge >= 0.3 is 0 Å². The van der Waals surface area contributed by atoms with Crippen molar-refractivity contribution in [3.63, 3.8) is 0 Å². The smallest absolute Gasteiger partial charge is 0.287 e. The van der Waals surface area contributed by atoms with Gasteiger partial charge in [0.25, 0.3) is 5.91 Å². The van der Waals surface area contributed by atoms with Crippen LogP contribution in [0.15, 0.2) is 27.8 Å². The van der Waals surface area contributed by atoms with Crippen LogP contribution >= 0.6 is 0 Å². The second kappa shape index (κ2) is 12.4. The van der Waals surface area contributed by atoms with Crippen molar-refractivity contribution in [3.8, 4) is 0 Å². The van der Waals surface area contributed by atoms with Gasteiger partial charge in [0.05, 0.1) is 12.4 Å². The zero-order valence-electron chi connectivity index (χ0n) is 15.8. The summed E-state index contributed by atoms with van der Waals surface area (Å²) in [4.78, 5) is 16.3. The van der Waals surface area contributed by atoms with Gasteiger partial charge in [0.15, 0.2) is 11.7 Å². The molecule has 0 fully saturated rings. The van der Waals surface area contributed by atoms with Crippen LogP contribution in [0.2, 0.25) is 0 Å². The van der Waals surface area contributed by atoms with Crippen LogP contribution in [-0.2, 0) is 4.74 Å². The molecule has 1 atom stereocenters. The number of furan rings is 1. The van der Waals surface area contributed by atoms with E-state index in [1.807, 2.05) is 13.8 Å². The molecule has 1 heterocycles. The minimum atomic E-state index is -0.217. The van der Waals surface area contributed by atoms with Crippen LogP contribution < -0.4 is 16.0 Å². The summed E-state index contributed by atoms with van der Waals surface area (Å²) < 4.78 is 10.8. The lowest BCUT2D eigenvalue weighted by Crippen LogP contribution is -2.41. The average Bonchev–Trinajstić information content (AvgIpc) is 3.12. The molecule has 142 valence electrons. The number of ether oxygens (including phenoxy) is 1. The molecule has 0 spiro atoms. The zero-order chi connectivity index (χ0) is 18.5. The summed E-state index contributed by atoms with van der Waals surface area (Å²) >= 11 is 0. The number of carbonyl (C=O) groups excluding carboxylic acids is 1. The van der Waals surface area contributed by atoms with Gasteiger partial charge < -0.3 is 25.1 Å². The molecule has 0 saturated heterocycles. The van der Waals surface area contributed by atoms with E-state index in [-0.39, 0.29) is 12.0 Å². The van der Waals surface area contributed by atoms with Crippen molar-refractivity contribution < 1.29 is 13.9 Å². The van der Waals surface area contributed by atoms with Crippen molar-refractivity contribution in [2.45, 2.75) is 40.2 Å². The van der Waals surface area contributed by atoms with E-state index in [9.17, 15) is 4.79 Å². The molecule has 0 bridgehead atoms. The molecule has 0 aliphatic heterocycles. The van der Waals surface area contributed by atoms with Crippen LogP contribution in [0, 0.1) is 5.92 Å². The third-order valence-electron chi connectivity index (χ3n) is 3.60. The Balaban J connectivity index is 2.33. The van der Waals surface area contributed by atoms with Crippen molar-refractivity contribution in [1.82, 2.24) is 16.0 Å². The lowest BCUT2D eigenvalue weighted by Gasteiger charge is -2.20. The Morgan fingerprint density at radius 3 is 2.60 bits per heavy atom. The third kappa shape index (κ3) is 8.58. The summed E-state index contributed by atoms with van der Waals surface area (Å²) in [6.07, 6.45) is 2.59. The molecule has 1 amide bonds. The number of carbonyl (C=O) groups is 1. The number of rotatable bonds is 11. The largest absolute Gasteiger partial charge is 0.459 e. The highest BCUT2D eigenvalue weighted by Gasteiger charge is 2.12. The van der Waals surface area contributed by atoms with Crippen LogP contribution in [-0.4, -0.2) is 50.8 Å². The molecule has 1 aromatic heterocycles. The predicted molar refractivity (Wildman–Crippen MR) is 99.9 cm³/mol. The topological polar surface area (TPSA) is 87.9 Å². The number of hydrogen-bond donors (Lipinski definition) is 3. The second-order valence-corrected chi connectivity index (χ2v) is 5.95. The lowest BCUT2D eigenvalue weighted by atomic mass is 10.0. The SMILES string of the molecule is CCNC(=NCCC(OCC)C(C)C)NCCNC(=O)c1ccco1. The summed E-state index contributed by atoms with van der Waals surface area (Å²) in [5, 5.41) is 9.20. The van der Waals surface area contributed by atoms with Crippen LogP contribution in [0.5, 0.6) is 0 Å². The van der Waals surface area contributed by atoms with Gasteiger partial charge in [-0.3, -0.25) is 9.79 Å². The quantitative estimate of drug-likeness (QED) is 0.322. The molecular weight excluding hydrogens is 320 g/mol. The van der Waals surface area contributed by atoms with Gasteiger partial charge in [-0.2, -0.15) is 0 Å². The highest BCUT2D eigenvalue weighted by molar-refractivity contribution is 5.91. The van der Waals surface area contributed by atoms with Crippen molar-refractivity contribution >= 4 is 11.9 Å². The third-order valence-corrected chi connectivity index (χ3v) is 3.60. The van der Waals surface area contributed by atoms with Crippen molar-refractivity contribution in [3.05, 3.63) is 24.2 Å². The lowest BCUT2D eigenvalue weighted by molar-refractivity contribution is 0.0266. The Hall–Kier alpha value is -2.02. The van der Waals surface area contributed by atoms with E-state index in [2.05, 4.69) is 34.8 Å². The van der Waals surface area contributed by atoms with E-state index in [4.69, 9.17) is 9.15 Å². The summed E-state index contributed by atoms with van der Waals surface area (Å²) in [5.41, 5.74) is 0. The summed E-state index contributed by atoms with van der Waals surface area (Å²) in [6.45, 7) is 11.6. The molecule has 3 N–H and O–H groups in total. The molecular formula is C18H32N4O3. The molecule has 0 aliphatic carbocycles. The molecule has 1 aromatic rings. The Bertz CT molecular complexity index is 500. The number of guanidine groups is 1. The van der Waals surface area contributed by atoms with E-state index in [0.717, 1.165) is 25.5 Å². The zero-order valence-corrected chi connectivity index (χ0v) is 15.8. The molecule has 1 unspecified atom stereocenters. The van der Waals surface area contributed by atoms with Crippen LogP contribution in [0.4, 0.5) is 0 Å². The average molecular weight is 352 g/mol. The second-order valence-electron chi connectivity index (χ2n) is 5.95. The molecule has 0 aromatic carbocycles. The normalized spacial score (nSPS) is 12.9. The van der Waals surface area contributed by atoms with Crippen molar-refractivity contribution in [1.29, 1.82) is 0 Å². The summed E-state index contributed by atoms with van der Waals surface area (Å²) in [6, 6.07) is 3.33. The maximum absolute atomic E-state index is 11.8. The number of amides is 1. The minimum Gasteiger partial charge on any atom is -0.459 e. The Morgan fingerprint density at radius 2 is 2.00 bits per heavy atom. The Morgan fingerprint density at radius 1 is 1.24 bits per heavy atom. The number of nitrogens with zero attached hydrogens (tertiary/aromatic N) is 1. The molecule has 7 heteroatoms. The highest BCUT2D eigenvalue weighted by Crippen LogP contribution is 2.10. The van der Waals surface area contributed by atoms with Crippen LogP contribution in [0.25, 0.3) is 0 Å². The molecule has 1 rings (SSSR count). The number of nitrogens with one attached hydrogen (secondary N) is 3. The summed E-state index contributed by atoms with van der Waals surface area (Å²) in [5.74, 6) is 1.32. The molecule has 0 radical (unpaired) electrons. The molecule has 7 nitrogen and oxygen atoms in total. The fourth-order valence-electron chi connectivity index (χ4n) is 2.32. The van der Waals surface area contributed by atoms with Gasteiger partial charge in [0, 0.05) is 32.8 Å². The standard InChI is InChI=1S/C18H32N4O3/c1-5-19-18(21-10-9-15(14(3)4)24-6-2)22-12-11-20-17(23)16-8-7-13-25-16/h7-8,13-15H,5-6,9-12H2,1-4H3,(H,20,23)(H2,19,21,22). The van der Waals surface area contributed by atoms with Crippen molar-refractivity contribution in [2.24, 2.45) is 10.9 Å². The molecule has 0 saturated carbocycles. The minimum absolute atomic E-state index is 0.217. The van der Waals surface area contributed by atoms with Crippen LogP contribution in [0.3, 0.4) is 0 Å². The van der Waals surface area contributed by atoms with E-state index in [1.54, 1.807) is 12.1 Å². The highest BCUT2D eigenvalue weighted by atomic mass is 16.5. The van der Waals surface area contributed by atoms with Gasteiger partial charge in [0.2, 0.25) is 0 Å². The first-order valence-electron chi connectivity index (χ1n) is 9.03. The Kier molecular flexibility index (Phi) is 10.4. The maximum atomic E-state index is 11.8. The van der Waals surface area contributed by atoms with E-state index >= 15 is 0 Å². The Labute approximate surface area is 150 Å². The fourth-order valence-corrected chi connectivity index (χ4v) is 2.32. The van der Waals surface area contributed by atoms with Gasteiger partial charge in [-0.05, 0) is 38.3 Å². The monoisotopic (exact) mass is 352 g/mol. The van der Waals surface area contributed by atoms with Crippen molar-refractivity contribution in [2.75, 3.05) is 32.8 Å². The first kappa shape index (κ1) is 21.0. The predicted octanol–water partition coefficient (Wildman–Crippen LogP) is 2.02. The number of hydrogen-bond acceptors (Lipinski definition) is 4. The van der Waals surface area contributed by atoms with Crippen LogP contribution in [0.1, 0.15) is 44.7 Å². The maximum Gasteiger partial charge on any atom is 0.287 e. The molecule has 25 heavy (non-hydrogen) atoms.